The fraction of sp³-hybridized carbons (Fsp3) is 0.333. The molecule has 0 amide bonds. The zero-order valence-electron chi connectivity index (χ0n) is 12.6. The van der Waals surface area contributed by atoms with Crippen LogP contribution in [-0.2, 0) is 0 Å². The van der Waals surface area contributed by atoms with Gasteiger partial charge in [-0.1, -0.05) is 81.8 Å². The van der Waals surface area contributed by atoms with E-state index in [4.69, 9.17) is 0 Å². The molecule has 2 rings (SSSR count). The number of aryl methyl sites for hydroxylation is 2. The molecule has 0 atom stereocenters. The summed E-state index contributed by atoms with van der Waals surface area (Å²) in [7, 11) is 0. The molecule has 0 aliphatic carbocycles. The van der Waals surface area contributed by atoms with Gasteiger partial charge in [-0.25, -0.2) is 0 Å². The molecule has 2 aromatic rings. The second-order valence-corrected chi connectivity index (χ2v) is 3.68. The van der Waals surface area contributed by atoms with Crippen molar-refractivity contribution in [2.75, 3.05) is 0 Å². The highest BCUT2D eigenvalue weighted by Crippen LogP contribution is 2.23. The molecule has 0 saturated carbocycles. The number of benzene rings is 2. The first kappa shape index (κ1) is 16.4. The number of hydrogen-bond donors (Lipinski definition) is 0. The molecule has 0 unspecified atom stereocenters. The summed E-state index contributed by atoms with van der Waals surface area (Å²) in [4.78, 5) is 0. The van der Waals surface area contributed by atoms with Gasteiger partial charge in [0, 0.05) is 0 Å². The van der Waals surface area contributed by atoms with Crippen LogP contribution in [0.2, 0.25) is 0 Å². The normalized spacial score (nSPS) is 8.56. The minimum absolute atomic E-state index is 1.30. The average Bonchev–Trinajstić information content (AvgIpc) is 2.47. The molecular formula is C18H26. The van der Waals surface area contributed by atoms with Gasteiger partial charge in [0.05, 0.1) is 0 Å². The number of rotatable bonds is 1. The summed E-state index contributed by atoms with van der Waals surface area (Å²) >= 11 is 0. The van der Waals surface area contributed by atoms with Crippen molar-refractivity contribution in [2.24, 2.45) is 0 Å². The van der Waals surface area contributed by atoms with E-state index in [2.05, 4.69) is 62.4 Å². The van der Waals surface area contributed by atoms with Gasteiger partial charge in [-0.15, -0.1) is 0 Å². The third kappa shape index (κ3) is 4.75. The van der Waals surface area contributed by atoms with Gasteiger partial charge >= 0.3 is 0 Å². The third-order valence-electron chi connectivity index (χ3n) is 2.48. The van der Waals surface area contributed by atoms with E-state index < -0.39 is 0 Å². The van der Waals surface area contributed by atoms with Crippen molar-refractivity contribution in [3.63, 3.8) is 0 Å². The summed E-state index contributed by atoms with van der Waals surface area (Å²) in [6.45, 7) is 12.3. The molecule has 2 aromatic carbocycles. The summed E-state index contributed by atoms with van der Waals surface area (Å²) in [5.74, 6) is 0. The van der Waals surface area contributed by atoms with E-state index in [0.717, 1.165) is 0 Å². The molecule has 0 N–H and O–H groups in total. The lowest BCUT2D eigenvalue weighted by Crippen LogP contribution is -1.83. The largest absolute Gasteiger partial charge is 0.0683 e. The van der Waals surface area contributed by atoms with Crippen molar-refractivity contribution in [1.29, 1.82) is 0 Å². The highest BCUT2D eigenvalue weighted by Gasteiger charge is 2.00. The molecule has 0 bridgehead atoms. The van der Waals surface area contributed by atoms with Crippen LogP contribution in [0.15, 0.2) is 48.5 Å². The van der Waals surface area contributed by atoms with Crippen LogP contribution in [0.3, 0.4) is 0 Å². The fourth-order valence-corrected chi connectivity index (χ4v) is 1.66. The van der Waals surface area contributed by atoms with Gasteiger partial charge in [-0.2, -0.15) is 0 Å². The van der Waals surface area contributed by atoms with E-state index in [1.807, 2.05) is 27.7 Å². The molecule has 0 heterocycles. The molecule has 0 aromatic heterocycles. The molecule has 0 fully saturated rings. The second-order valence-electron chi connectivity index (χ2n) is 3.68. The monoisotopic (exact) mass is 242 g/mol. The van der Waals surface area contributed by atoms with Gasteiger partial charge in [-0.05, 0) is 30.5 Å². The number of hydrogen-bond acceptors (Lipinski definition) is 0. The van der Waals surface area contributed by atoms with E-state index in [-0.39, 0.29) is 0 Å². The van der Waals surface area contributed by atoms with Gasteiger partial charge in [0.15, 0.2) is 0 Å². The zero-order valence-corrected chi connectivity index (χ0v) is 12.6. The maximum atomic E-state index is 2.24. The second kappa shape index (κ2) is 9.47. The third-order valence-corrected chi connectivity index (χ3v) is 2.48. The van der Waals surface area contributed by atoms with Gasteiger partial charge in [-0.3, -0.25) is 0 Å². The van der Waals surface area contributed by atoms with Crippen molar-refractivity contribution >= 4 is 0 Å². The Morgan fingerprint density at radius 3 is 1.78 bits per heavy atom. The van der Waals surface area contributed by atoms with Crippen molar-refractivity contribution in [3.05, 3.63) is 59.7 Å². The molecule has 98 valence electrons. The average molecular weight is 242 g/mol. The van der Waals surface area contributed by atoms with Crippen LogP contribution in [0.4, 0.5) is 0 Å². The minimum Gasteiger partial charge on any atom is -0.0683 e. The van der Waals surface area contributed by atoms with Crippen LogP contribution in [0, 0.1) is 13.8 Å². The maximum Gasteiger partial charge on any atom is -0.0152 e. The SMILES string of the molecule is CC.CC.Cc1ccc(C)c(-c2ccccc2)c1. The summed E-state index contributed by atoms with van der Waals surface area (Å²) < 4.78 is 0. The first-order chi connectivity index (χ1) is 8.77. The Bertz CT molecular complexity index is 427. The Labute approximate surface area is 113 Å². The van der Waals surface area contributed by atoms with Gasteiger partial charge in [0.1, 0.15) is 0 Å². The Kier molecular flexibility index (Phi) is 8.65. The van der Waals surface area contributed by atoms with Crippen molar-refractivity contribution in [2.45, 2.75) is 41.5 Å². The Balaban J connectivity index is 0.000000659. The van der Waals surface area contributed by atoms with Crippen LogP contribution < -0.4 is 0 Å². The predicted octanol–water partition coefficient (Wildman–Crippen LogP) is 6.02. The molecule has 0 heteroatoms. The first-order valence-corrected chi connectivity index (χ1v) is 6.90. The highest BCUT2D eigenvalue weighted by molar-refractivity contribution is 5.67. The molecule has 0 saturated heterocycles. The molecule has 0 aliphatic heterocycles. The van der Waals surface area contributed by atoms with E-state index in [1.165, 1.54) is 22.3 Å². The predicted molar refractivity (Wildman–Crippen MR) is 84.0 cm³/mol. The lowest BCUT2D eigenvalue weighted by atomic mass is 9.99. The van der Waals surface area contributed by atoms with Crippen LogP contribution in [0.25, 0.3) is 11.1 Å². The molecule has 18 heavy (non-hydrogen) atoms. The molecule has 0 radical (unpaired) electrons. The summed E-state index contributed by atoms with van der Waals surface area (Å²) in [5.41, 5.74) is 5.29. The summed E-state index contributed by atoms with van der Waals surface area (Å²) in [5, 5.41) is 0. The van der Waals surface area contributed by atoms with Gasteiger partial charge in [0.25, 0.3) is 0 Å². The highest BCUT2D eigenvalue weighted by atomic mass is 14.0. The minimum atomic E-state index is 1.30. The van der Waals surface area contributed by atoms with Crippen molar-refractivity contribution in [1.82, 2.24) is 0 Å². The summed E-state index contributed by atoms with van der Waals surface area (Å²) in [6.07, 6.45) is 0. The van der Waals surface area contributed by atoms with E-state index in [9.17, 15) is 0 Å². The standard InChI is InChI=1S/C14H14.2C2H6/c1-11-8-9-12(2)14(10-11)13-6-4-3-5-7-13;2*1-2/h3-10H,1-2H3;2*1-2H3. The Morgan fingerprint density at radius 1 is 0.667 bits per heavy atom. The van der Waals surface area contributed by atoms with Crippen molar-refractivity contribution in [3.8, 4) is 11.1 Å². The maximum absolute atomic E-state index is 2.24. The molecule has 0 nitrogen and oxygen atoms in total. The molecule has 0 aliphatic rings. The van der Waals surface area contributed by atoms with Crippen LogP contribution >= 0.6 is 0 Å². The molecular weight excluding hydrogens is 216 g/mol. The van der Waals surface area contributed by atoms with Crippen LogP contribution in [0.5, 0.6) is 0 Å². The van der Waals surface area contributed by atoms with Gasteiger partial charge in [0.2, 0.25) is 0 Å². The van der Waals surface area contributed by atoms with Crippen LogP contribution in [-0.4, -0.2) is 0 Å². The summed E-state index contributed by atoms with van der Waals surface area (Å²) in [6, 6.07) is 17.1. The smallest absolute Gasteiger partial charge is 0.0152 e. The first-order valence-electron chi connectivity index (χ1n) is 6.90. The lowest BCUT2D eigenvalue weighted by molar-refractivity contribution is 1.39. The lowest BCUT2D eigenvalue weighted by Gasteiger charge is -2.06. The zero-order chi connectivity index (χ0) is 14.0. The Hall–Kier alpha value is -1.56. The topological polar surface area (TPSA) is 0 Å². The molecule has 0 spiro atoms. The van der Waals surface area contributed by atoms with Crippen LogP contribution in [0.1, 0.15) is 38.8 Å². The van der Waals surface area contributed by atoms with E-state index in [0.29, 0.717) is 0 Å². The van der Waals surface area contributed by atoms with E-state index >= 15 is 0 Å². The quantitative estimate of drug-likeness (QED) is 0.573. The van der Waals surface area contributed by atoms with Gasteiger partial charge < -0.3 is 0 Å². The van der Waals surface area contributed by atoms with Crippen molar-refractivity contribution < 1.29 is 0 Å². The fourth-order valence-electron chi connectivity index (χ4n) is 1.66. The van der Waals surface area contributed by atoms with E-state index in [1.54, 1.807) is 0 Å². The Morgan fingerprint density at radius 2 is 1.22 bits per heavy atom.